The Morgan fingerprint density at radius 2 is 2.30 bits per heavy atom. The third kappa shape index (κ3) is 3.45. The molecule has 3 aliphatic rings. The molecule has 4 heterocycles. The summed E-state index contributed by atoms with van der Waals surface area (Å²) in [6.45, 7) is 4.40. The molecule has 126 valence electrons. The van der Waals surface area contributed by atoms with Crippen molar-refractivity contribution in [2.75, 3.05) is 26.2 Å². The van der Waals surface area contributed by atoms with Gasteiger partial charge in [-0.15, -0.1) is 11.3 Å². The number of likely N-dealkylation sites (tertiary alicyclic amines) is 1. The maximum absolute atomic E-state index is 12.5. The molecule has 0 radical (unpaired) electrons. The van der Waals surface area contributed by atoms with Gasteiger partial charge >= 0.3 is 0 Å². The average Bonchev–Trinajstić information content (AvgIpc) is 3.24. The zero-order chi connectivity index (χ0) is 15.6. The Bertz CT molecular complexity index is 530. The Balaban J connectivity index is 1.33. The van der Waals surface area contributed by atoms with Gasteiger partial charge in [0.1, 0.15) is 6.10 Å². The minimum atomic E-state index is -0.301. The zero-order valence-electron chi connectivity index (χ0n) is 13.4. The highest BCUT2D eigenvalue weighted by atomic mass is 32.1. The number of carbonyl (C=O) groups excluding carboxylic acids is 1. The molecular formula is C17H24N2O3S. The number of ether oxygens (including phenoxy) is 1. The van der Waals surface area contributed by atoms with Gasteiger partial charge in [0, 0.05) is 24.5 Å². The Kier molecular flexibility index (Phi) is 4.66. The van der Waals surface area contributed by atoms with E-state index in [2.05, 4.69) is 22.4 Å². The van der Waals surface area contributed by atoms with E-state index in [-0.39, 0.29) is 18.1 Å². The first-order chi connectivity index (χ1) is 11.3. The molecule has 3 saturated heterocycles. The molecule has 0 saturated carbocycles. The summed E-state index contributed by atoms with van der Waals surface area (Å²) < 4.78 is 6.12. The second kappa shape index (κ2) is 6.89. The minimum absolute atomic E-state index is 0.0314. The highest BCUT2D eigenvalue weighted by Crippen LogP contribution is 2.35. The lowest BCUT2D eigenvalue weighted by Gasteiger charge is -2.33. The molecular weight excluding hydrogens is 312 g/mol. The van der Waals surface area contributed by atoms with Crippen LogP contribution in [0.4, 0.5) is 0 Å². The largest absolute Gasteiger partial charge is 0.363 e. The van der Waals surface area contributed by atoms with Crippen LogP contribution in [0, 0.1) is 5.92 Å². The van der Waals surface area contributed by atoms with Crippen LogP contribution < -0.4 is 0 Å². The van der Waals surface area contributed by atoms with Gasteiger partial charge in [0.25, 0.3) is 5.91 Å². The molecule has 3 aliphatic heterocycles. The van der Waals surface area contributed by atoms with Crippen LogP contribution in [0.15, 0.2) is 17.5 Å². The third-order valence-electron chi connectivity index (χ3n) is 5.12. The number of thiophene rings is 1. The lowest BCUT2D eigenvalue weighted by atomic mass is 9.91. The Morgan fingerprint density at radius 3 is 3.09 bits per heavy atom. The molecule has 6 heteroatoms. The summed E-state index contributed by atoms with van der Waals surface area (Å²) in [6, 6.07) is 4.29. The van der Waals surface area contributed by atoms with E-state index in [1.54, 1.807) is 11.3 Å². The van der Waals surface area contributed by atoms with Crippen LogP contribution in [-0.4, -0.2) is 54.3 Å². The first-order valence-corrected chi connectivity index (χ1v) is 9.52. The Hall–Kier alpha value is -0.950. The summed E-state index contributed by atoms with van der Waals surface area (Å²) in [4.78, 5) is 21.9. The Labute approximate surface area is 141 Å². The second-order valence-electron chi connectivity index (χ2n) is 6.74. The molecule has 3 fully saturated rings. The summed E-state index contributed by atoms with van der Waals surface area (Å²) in [5.74, 6) is 0.553. The number of hydrogen-bond acceptors (Lipinski definition) is 5. The topological polar surface area (TPSA) is 42.0 Å². The average molecular weight is 336 g/mol. The first kappa shape index (κ1) is 15.6. The van der Waals surface area contributed by atoms with Gasteiger partial charge in [-0.3, -0.25) is 14.5 Å². The minimum Gasteiger partial charge on any atom is -0.363 e. The number of fused-ring (bicyclic) bond motifs is 1. The van der Waals surface area contributed by atoms with Crippen molar-refractivity contribution in [3.63, 3.8) is 0 Å². The molecule has 0 bridgehead atoms. The standard InChI is InChI=1S/C17H24N2O3S/c20-17(19-6-1-2-8-21-19)15-10-13-5-7-18(12-16(13)22-15)11-14-4-3-9-23-14/h3-4,9,13,15-16H,1-2,5-8,10-12H2/t13-,15-,16+/m0/s1. The summed E-state index contributed by atoms with van der Waals surface area (Å²) in [5, 5.41) is 3.66. The number of nitrogens with zero attached hydrogens (tertiary/aromatic N) is 2. The molecule has 1 aromatic rings. The predicted molar refractivity (Wildman–Crippen MR) is 87.9 cm³/mol. The van der Waals surface area contributed by atoms with Crippen molar-refractivity contribution >= 4 is 17.2 Å². The van der Waals surface area contributed by atoms with Crippen molar-refractivity contribution in [1.29, 1.82) is 0 Å². The highest BCUT2D eigenvalue weighted by Gasteiger charge is 2.43. The molecule has 4 rings (SSSR count). The molecule has 5 nitrogen and oxygen atoms in total. The van der Waals surface area contributed by atoms with Crippen LogP contribution in [0.25, 0.3) is 0 Å². The van der Waals surface area contributed by atoms with E-state index in [4.69, 9.17) is 9.57 Å². The quantitative estimate of drug-likeness (QED) is 0.849. The van der Waals surface area contributed by atoms with Gasteiger partial charge in [0.2, 0.25) is 0 Å². The van der Waals surface area contributed by atoms with E-state index < -0.39 is 0 Å². The van der Waals surface area contributed by atoms with Crippen LogP contribution >= 0.6 is 11.3 Å². The molecule has 1 aromatic heterocycles. The van der Waals surface area contributed by atoms with Crippen LogP contribution in [0.1, 0.15) is 30.6 Å². The van der Waals surface area contributed by atoms with Crippen molar-refractivity contribution in [2.24, 2.45) is 5.92 Å². The summed E-state index contributed by atoms with van der Waals surface area (Å²) in [6.07, 6.45) is 3.95. The fraction of sp³-hybridized carbons (Fsp3) is 0.706. The molecule has 0 spiro atoms. The van der Waals surface area contributed by atoms with Gasteiger partial charge in [0.05, 0.1) is 12.7 Å². The van der Waals surface area contributed by atoms with Crippen LogP contribution in [0.3, 0.4) is 0 Å². The summed E-state index contributed by atoms with van der Waals surface area (Å²) >= 11 is 1.81. The highest BCUT2D eigenvalue weighted by molar-refractivity contribution is 7.09. The van der Waals surface area contributed by atoms with Crippen molar-refractivity contribution in [1.82, 2.24) is 9.96 Å². The molecule has 0 aliphatic carbocycles. The van der Waals surface area contributed by atoms with Crippen LogP contribution in [0.2, 0.25) is 0 Å². The van der Waals surface area contributed by atoms with E-state index in [9.17, 15) is 4.79 Å². The number of rotatable bonds is 3. The molecule has 0 N–H and O–H groups in total. The van der Waals surface area contributed by atoms with Gasteiger partial charge in [0.15, 0.2) is 0 Å². The SMILES string of the molecule is O=C([C@@H]1C[C@@H]2CCN(Cc3cccs3)C[C@H]2O1)N1CCCCO1. The lowest BCUT2D eigenvalue weighted by molar-refractivity contribution is -0.206. The summed E-state index contributed by atoms with van der Waals surface area (Å²) in [7, 11) is 0. The van der Waals surface area contributed by atoms with E-state index in [0.29, 0.717) is 19.1 Å². The fourth-order valence-corrected chi connectivity index (χ4v) is 4.60. The smallest absolute Gasteiger partial charge is 0.275 e. The maximum Gasteiger partial charge on any atom is 0.275 e. The van der Waals surface area contributed by atoms with Gasteiger partial charge in [-0.05, 0) is 49.6 Å². The molecule has 0 unspecified atom stereocenters. The maximum atomic E-state index is 12.5. The summed E-state index contributed by atoms with van der Waals surface area (Å²) in [5.41, 5.74) is 0. The van der Waals surface area contributed by atoms with Crippen molar-refractivity contribution in [3.8, 4) is 0 Å². The Morgan fingerprint density at radius 1 is 1.35 bits per heavy atom. The monoisotopic (exact) mass is 336 g/mol. The van der Waals surface area contributed by atoms with Gasteiger partial charge < -0.3 is 4.74 Å². The predicted octanol–water partition coefficient (Wildman–Crippen LogP) is 2.28. The third-order valence-corrected chi connectivity index (χ3v) is 5.98. The lowest BCUT2D eigenvalue weighted by Crippen LogP contribution is -2.43. The molecule has 23 heavy (non-hydrogen) atoms. The van der Waals surface area contributed by atoms with Crippen LogP contribution in [-0.2, 0) is 20.9 Å². The number of hydrogen-bond donors (Lipinski definition) is 0. The van der Waals surface area contributed by atoms with Crippen molar-refractivity contribution in [3.05, 3.63) is 22.4 Å². The van der Waals surface area contributed by atoms with E-state index >= 15 is 0 Å². The number of carbonyl (C=O) groups is 1. The normalized spacial score (nSPS) is 32.0. The molecule has 1 amide bonds. The van der Waals surface area contributed by atoms with E-state index in [1.165, 1.54) is 9.94 Å². The van der Waals surface area contributed by atoms with Gasteiger partial charge in [-0.1, -0.05) is 6.07 Å². The molecule has 3 atom stereocenters. The van der Waals surface area contributed by atoms with Crippen molar-refractivity contribution < 1.29 is 14.4 Å². The van der Waals surface area contributed by atoms with E-state index in [1.807, 2.05) is 0 Å². The fourth-order valence-electron chi connectivity index (χ4n) is 3.85. The van der Waals surface area contributed by atoms with Crippen LogP contribution in [0.5, 0.6) is 0 Å². The first-order valence-electron chi connectivity index (χ1n) is 8.64. The van der Waals surface area contributed by atoms with Crippen molar-refractivity contribution in [2.45, 2.75) is 44.4 Å². The van der Waals surface area contributed by atoms with Gasteiger partial charge in [-0.2, -0.15) is 0 Å². The number of amides is 1. The van der Waals surface area contributed by atoms with E-state index in [0.717, 1.165) is 45.3 Å². The number of hydroxylamine groups is 2. The second-order valence-corrected chi connectivity index (χ2v) is 7.78. The zero-order valence-corrected chi connectivity index (χ0v) is 14.2. The molecule has 0 aromatic carbocycles. The van der Waals surface area contributed by atoms with Gasteiger partial charge in [-0.25, -0.2) is 5.06 Å². The number of piperidine rings is 1.